The Kier molecular flexibility index (Phi) is 4.47. The number of benzene rings is 1. The van der Waals surface area contributed by atoms with E-state index in [1.54, 1.807) is 6.07 Å². The summed E-state index contributed by atoms with van der Waals surface area (Å²) in [7, 11) is 0. The number of nitrogens with zero attached hydrogens (tertiary/aromatic N) is 3. The Morgan fingerprint density at radius 1 is 1.17 bits per heavy atom. The molecule has 1 saturated carbocycles. The van der Waals surface area contributed by atoms with Crippen molar-refractivity contribution in [1.29, 1.82) is 0 Å². The van der Waals surface area contributed by atoms with Gasteiger partial charge in [-0.2, -0.15) is 5.10 Å². The van der Waals surface area contributed by atoms with Gasteiger partial charge in [0.2, 0.25) is 5.82 Å². The molecule has 2 aromatic heterocycles. The van der Waals surface area contributed by atoms with Crippen LogP contribution in [0.5, 0.6) is 0 Å². The molecule has 1 aliphatic rings. The minimum absolute atomic E-state index is 0.0515. The van der Waals surface area contributed by atoms with Gasteiger partial charge in [0.15, 0.2) is 5.82 Å². The number of aromatic amines is 1. The van der Waals surface area contributed by atoms with Crippen LogP contribution in [0, 0.1) is 10.1 Å². The molecule has 1 amide bonds. The van der Waals surface area contributed by atoms with E-state index < -0.39 is 10.8 Å². The molecule has 11 heteroatoms. The van der Waals surface area contributed by atoms with Gasteiger partial charge in [-0.3, -0.25) is 20.0 Å². The highest BCUT2D eigenvalue weighted by Crippen LogP contribution is 2.40. The molecule has 2 heterocycles. The predicted octanol–water partition coefficient (Wildman–Crippen LogP) is 2.76. The fourth-order valence-electron chi connectivity index (χ4n) is 2.90. The molecule has 0 aliphatic heterocycles. The van der Waals surface area contributed by atoms with Crippen LogP contribution in [-0.2, 0) is 0 Å². The Labute approximate surface area is 164 Å². The second kappa shape index (κ2) is 7.11. The number of primary amides is 1. The Morgan fingerprint density at radius 2 is 1.97 bits per heavy atom. The quantitative estimate of drug-likeness (QED) is 0.230. The van der Waals surface area contributed by atoms with Crippen LogP contribution in [0.4, 0.5) is 34.5 Å². The lowest BCUT2D eigenvalue weighted by atomic mass is 10.1. The molecule has 0 bridgehead atoms. The van der Waals surface area contributed by atoms with Crippen molar-refractivity contribution in [2.45, 2.75) is 18.8 Å². The van der Waals surface area contributed by atoms with Crippen LogP contribution < -0.4 is 22.1 Å². The number of aromatic nitrogens is 3. The lowest BCUT2D eigenvalue weighted by Gasteiger charge is -2.10. The van der Waals surface area contributed by atoms with Crippen LogP contribution in [0.3, 0.4) is 0 Å². The summed E-state index contributed by atoms with van der Waals surface area (Å²) in [4.78, 5) is 26.4. The zero-order chi connectivity index (χ0) is 20.5. The molecule has 4 rings (SSSR count). The van der Waals surface area contributed by atoms with Gasteiger partial charge in [0.25, 0.3) is 5.91 Å². The van der Waals surface area contributed by atoms with E-state index in [4.69, 9.17) is 11.5 Å². The second-order valence-corrected chi connectivity index (χ2v) is 6.72. The number of nitrogens with one attached hydrogen (secondary N) is 3. The van der Waals surface area contributed by atoms with E-state index in [1.807, 2.05) is 6.07 Å². The van der Waals surface area contributed by atoms with E-state index in [9.17, 15) is 14.9 Å². The average molecular weight is 394 g/mol. The molecule has 0 spiro atoms. The third-order valence-corrected chi connectivity index (χ3v) is 4.52. The van der Waals surface area contributed by atoms with Crippen molar-refractivity contribution >= 4 is 40.4 Å². The zero-order valence-electron chi connectivity index (χ0n) is 15.2. The maximum Gasteiger partial charge on any atom is 0.311 e. The normalized spacial score (nSPS) is 13.1. The number of hydrogen-bond acceptors (Lipinski definition) is 8. The van der Waals surface area contributed by atoms with Crippen molar-refractivity contribution in [2.75, 3.05) is 16.4 Å². The highest BCUT2D eigenvalue weighted by atomic mass is 16.6. The zero-order valence-corrected chi connectivity index (χ0v) is 15.2. The maximum absolute atomic E-state index is 11.4. The first-order chi connectivity index (χ1) is 13.9. The minimum atomic E-state index is -0.626. The standard InChI is InChI=1S/C18H18N8O3/c19-12-7-10(3-4-11(12)17(20)27)21-15-6-5-14(26(28)29)18(22-15)23-16-8-13(24-25-16)9-1-2-9/h3-9H,1-2,19H2,(H2,20,27)(H3,21,22,23,24,25). The van der Waals surface area contributed by atoms with Gasteiger partial charge in [-0.25, -0.2) is 4.98 Å². The predicted molar refractivity (Wildman–Crippen MR) is 107 cm³/mol. The summed E-state index contributed by atoms with van der Waals surface area (Å²) in [5.41, 5.74) is 12.9. The van der Waals surface area contributed by atoms with Gasteiger partial charge in [-0.05, 0) is 37.1 Å². The van der Waals surface area contributed by atoms with E-state index in [0.717, 1.165) is 18.5 Å². The van der Waals surface area contributed by atoms with Crippen molar-refractivity contribution in [3.05, 3.63) is 57.8 Å². The first-order valence-electron chi connectivity index (χ1n) is 8.85. The molecule has 1 fully saturated rings. The van der Waals surface area contributed by atoms with Gasteiger partial charge in [-0.1, -0.05) is 0 Å². The first-order valence-corrected chi connectivity index (χ1v) is 8.85. The van der Waals surface area contributed by atoms with Crippen LogP contribution in [0.1, 0.15) is 34.8 Å². The van der Waals surface area contributed by atoms with Gasteiger partial charge in [0.05, 0.1) is 10.5 Å². The number of carbonyl (C=O) groups excluding carboxylic acids is 1. The number of hydrogen-bond donors (Lipinski definition) is 5. The van der Waals surface area contributed by atoms with E-state index in [0.29, 0.717) is 23.2 Å². The lowest BCUT2D eigenvalue weighted by Crippen LogP contribution is -2.13. The fraction of sp³-hybridized carbons (Fsp3) is 0.167. The van der Waals surface area contributed by atoms with Gasteiger partial charge in [-0.15, -0.1) is 0 Å². The summed E-state index contributed by atoms with van der Waals surface area (Å²) in [6.45, 7) is 0. The summed E-state index contributed by atoms with van der Waals surface area (Å²) < 4.78 is 0. The van der Waals surface area contributed by atoms with Crippen LogP contribution in [0.15, 0.2) is 36.4 Å². The number of nitrogens with two attached hydrogens (primary N) is 2. The number of carbonyl (C=O) groups is 1. The van der Waals surface area contributed by atoms with Crippen LogP contribution in [0.2, 0.25) is 0 Å². The molecule has 1 aromatic carbocycles. The lowest BCUT2D eigenvalue weighted by molar-refractivity contribution is -0.384. The van der Waals surface area contributed by atoms with Crippen molar-refractivity contribution in [1.82, 2.24) is 15.2 Å². The smallest absolute Gasteiger partial charge is 0.311 e. The molecule has 0 saturated heterocycles. The van der Waals surface area contributed by atoms with Crippen LogP contribution >= 0.6 is 0 Å². The molecule has 1 aliphatic carbocycles. The molecule has 29 heavy (non-hydrogen) atoms. The molecule has 3 aromatic rings. The Bertz CT molecular complexity index is 1110. The monoisotopic (exact) mass is 394 g/mol. The summed E-state index contributed by atoms with van der Waals surface area (Å²) in [6, 6.07) is 9.28. The minimum Gasteiger partial charge on any atom is -0.398 e. The second-order valence-electron chi connectivity index (χ2n) is 6.72. The third-order valence-electron chi connectivity index (χ3n) is 4.52. The summed E-state index contributed by atoms with van der Waals surface area (Å²) in [5.74, 6) is 0.703. The van der Waals surface area contributed by atoms with Crippen molar-refractivity contribution in [3.63, 3.8) is 0 Å². The molecule has 0 radical (unpaired) electrons. The molecular formula is C18H18N8O3. The number of rotatable bonds is 7. The highest BCUT2D eigenvalue weighted by molar-refractivity contribution is 5.98. The Hall–Kier alpha value is -4.15. The number of amides is 1. The SMILES string of the molecule is NC(=O)c1ccc(Nc2ccc([N+](=O)[O-])c(Nc3cc(C4CC4)[nH]n3)n2)cc1N. The topological polar surface area (TPSA) is 178 Å². The van der Waals surface area contributed by atoms with Gasteiger partial charge in [0, 0.05) is 35.1 Å². The van der Waals surface area contributed by atoms with E-state index in [2.05, 4.69) is 25.8 Å². The van der Waals surface area contributed by atoms with Gasteiger partial charge < -0.3 is 22.1 Å². The molecule has 0 unspecified atom stereocenters. The third kappa shape index (κ3) is 3.93. The van der Waals surface area contributed by atoms with Crippen LogP contribution in [0.25, 0.3) is 0 Å². The van der Waals surface area contributed by atoms with Crippen molar-refractivity contribution in [3.8, 4) is 0 Å². The average Bonchev–Trinajstić information content (AvgIpc) is 3.41. The van der Waals surface area contributed by atoms with Crippen LogP contribution in [-0.4, -0.2) is 26.0 Å². The summed E-state index contributed by atoms with van der Waals surface area (Å²) >= 11 is 0. The molecular weight excluding hydrogens is 376 g/mol. The number of nitrogen functional groups attached to an aromatic ring is 1. The van der Waals surface area contributed by atoms with E-state index >= 15 is 0 Å². The molecule has 0 atom stereocenters. The molecule has 7 N–H and O–H groups in total. The number of anilines is 5. The Balaban J connectivity index is 1.59. The highest BCUT2D eigenvalue weighted by Gasteiger charge is 2.26. The number of nitro groups is 1. The Morgan fingerprint density at radius 3 is 2.62 bits per heavy atom. The number of pyridine rings is 1. The molecule has 148 valence electrons. The van der Waals surface area contributed by atoms with Crippen molar-refractivity contribution < 1.29 is 9.72 Å². The summed E-state index contributed by atoms with van der Waals surface area (Å²) in [5, 5.41) is 24.3. The molecule has 11 nitrogen and oxygen atoms in total. The van der Waals surface area contributed by atoms with E-state index in [-0.39, 0.29) is 22.8 Å². The fourth-order valence-corrected chi connectivity index (χ4v) is 2.90. The maximum atomic E-state index is 11.4. The number of H-pyrrole nitrogens is 1. The van der Waals surface area contributed by atoms with Gasteiger partial charge in [0.1, 0.15) is 5.82 Å². The van der Waals surface area contributed by atoms with Crippen molar-refractivity contribution in [2.24, 2.45) is 5.73 Å². The summed E-state index contributed by atoms with van der Waals surface area (Å²) in [6.07, 6.45) is 2.22. The first kappa shape index (κ1) is 18.2. The van der Waals surface area contributed by atoms with E-state index in [1.165, 1.54) is 24.3 Å². The largest absolute Gasteiger partial charge is 0.398 e. The van der Waals surface area contributed by atoms with Gasteiger partial charge >= 0.3 is 5.69 Å².